The number of nitrogens with one attached hydrogen (secondary N) is 1. The van der Waals surface area contributed by atoms with Gasteiger partial charge in [-0.05, 0) is 30.2 Å². The lowest BCUT2D eigenvalue weighted by molar-refractivity contribution is -0.141. The first-order valence-corrected chi connectivity index (χ1v) is 12.5. The van der Waals surface area contributed by atoms with E-state index in [4.69, 9.17) is 19.3 Å². The number of carbonyl (C=O) groups excluding carboxylic acids is 1. The molecule has 3 heterocycles. The number of aliphatic hydroxyl groups is 1. The smallest absolute Gasteiger partial charge is 0.435 e. The summed E-state index contributed by atoms with van der Waals surface area (Å²) in [5.74, 6) is 0.184. The van der Waals surface area contributed by atoms with Crippen molar-refractivity contribution in [3.8, 4) is 22.9 Å². The van der Waals surface area contributed by atoms with E-state index in [0.29, 0.717) is 17.7 Å². The summed E-state index contributed by atoms with van der Waals surface area (Å²) in [6.07, 6.45) is 1.37. The van der Waals surface area contributed by atoms with Gasteiger partial charge in [-0.25, -0.2) is 9.97 Å². The predicted molar refractivity (Wildman–Crippen MR) is 137 cm³/mol. The fourth-order valence-electron chi connectivity index (χ4n) is 4.04. The van der Waals surface area contributed by atoms with E-state index in [2.05, 4.69) is 20.4 Å². The molecule has 4 rings (SSSR count). The molecule has 0 bridgehead atoms. The van der Waals surface area contributed by atoms with Crippen LogP contribution < -0.4 is 10.1 Å². The maximum absolute atomic E-state index is 13.8. The molecule has 3 aromatic heterocycles. The Balaban J connectivity index is 1.59. The molecule has 0 unspecified atom stereocenters. The van der Waals surface area contributed by atoms with Gasteiger partial charge in [-0.15, -0.1) is 0 Å². The van der Waals surface area contributed by atoms with E-state index in [1.807, 2.05) is 6.92 Å². The van der Waals surface area contributed by atoms with Crippen LogP contribution in [0.25, 0.3) is 16.9 Å². The molecule has 0 aliphatic rings. The van der Waals surface area contributed by atoms with Crippen LogP contribution in [0.5, 0.6) is 11.6 Å². The Kier molecular flexibility index (Phi) is 9.34. The first kappa shape index (κ1) is 29.0. The molecule has 0 aliphatic heterocycles. The van der Waals surface area contributed by atoms with E-state index in [1.54, 1.807) is 18.2 Å². The number of fused-ring (bicyclic) bond motifs is 1. The monoisotopic (exact) mass is 562 g/mol. The number of aromatic nitrogens is 5. The van der Waals surface area contributed by atoms with Crippen molar-refractivity contribution in [1.29, 1.82) is 0 Å². The number of imidazole rings is 1. The Labute approximate surface area is 227 Å². The third-order valence-electron chi connectivity index (χ3n) is 5.91. The van der Waals surface area contributed by atoms with Crippen LogP contribution in [0.3, 0.4) is 0 Å². The van der Waals surface area contributed by atoms with Crippen LogP contribution in [0.4, 0.5) is 13.2 Å². The van der Waals surface area contributed by atoms with Gasteiger partial charge in [-0.2, -0.15) is 18.3 Å². The Morgan fingerprint density at radius 3 is 2.73 bits per heavy atom. The minimum Gasteiger partial charge on any atom is -0.436 e. The normalized spacial score (nSPS) is 11.8. The van der Waals surface area contributed by atoms with Gasteiger partial charge in [0.05, 0.1) is 50.4 Å². The zero-order chi connectivity index (χ0) is 28.7. The minimum atomic E-state index is -4.68. The topological polar surface area (TPSA) is 125 Å². The van der Waals surface area contributed by atoms with Crippen LogP contribution >= 0.6 is 0 Å². The van der Waals surface area contributed by atoms with Gasteiger partial charge in [-0.1, -0.05) is 6.92 Å². The van der Waals surface area contributed by atoms with Crippen molar-refractivity contribution in [2.45, 2.75) is 26.1 Å². The van der Waals surface area contributed by atoms with Crippen molar-refractivity contribution in [2.24, 2.45) is 0 Å². The predicted octanol–water partition coefficient (Wildman–Crippen LogP) is 3.35. The lowest BCUT2D eigenvalue weighted by Gasteiger charge is -2.12. The third-order valence-corrected chi connectivity index (χ3v) is 5.91. The minimum absolute atomic E-state index is 0.0781. The number of carbonyl (C=O) groups is 1. The number of rotatable bonds is 13. The number of benzene rings is 1. The summed E-state index contributed by atoms with van der Waals surface area (Å²) >= 11 is 0. The standard InChI is InChI=1S/C26H29F3N6O5/c1-3-17-14-18(4-5-19(17)24(37)30-7-11-39-13-10-36)40-25-23-32-15-21(35(23)8-6-31-25)20-16-34(9-12-38-2)33-22(20)26(27,28)29/h4-6,8,14-16,36H,3,7,9-13H2,1-2H3,(H,30,37). The van der Waals surface area contributed by atoms with Crippen molar-refractivity contribution < 1.29 is 37.3 Å². The molecule has 214 valence electrons. The highest BCUT2D eigenvalue weighted by Gasteiger charge is 2.38. The number of nitrogens with zero attached hydrogens (tertiary/aromatic N) is 5. The van der Waals surface area contributed by atoms with E-state index in [9.17, 15) is 18.0 Å². The van der Waals surface area contributed by atoms with Crippen LogP contribution in [0, 0.1) is 0 Å². The quantitative estimate of drug-likeness (QED) is 0.238. The molecule has 2 N–H and O–H groups in total. The van der Waals surface area contributed by atoms with E-state index in [1.165, 1.54) is 41.0 Å². The van der Waals surface area contributed by atoms with Gasteiger partial charge in [0.25, 0.3) is 11.8 Å². The molecule has 0 saturated carbocycles. The number of hydrogen-bond acceptors (Lipinski definition) is 8. The van der Waals surface area contributed by atoms with Crippen LogP contribution in [0.1, 0.15) is 28.5 Å². The molecule has 4 aromatic rings. The Morgan fingerprint density at radius 2 is 2.00 bits per heavy atom. The molecule has 0 fully saturated rings. The molecule has 1 amide bonds. The number of aryl methyl sites for hydroxylation is 1. The van der Waals surface area contributed by atoms with Crippen molar-refractivity contribution >= 4 is 11.6 Å². The van der Waals surface area contributed by atoms with Crippen LogP contribution in [0.15, 0.2) is 43.0 Å². The molecule has 1 aromatic carbocycles. The van der Waals surface area contributed by atoms with E-state index in [-0.39, 0.29) is 68.2 Å². The molecule has 40 heavy (non-hydrogen) atoms. The molecular weight excluding hydrogens is 533 g/mol. The van der Waals surface area contributed by atoms with E-state index >= 15 is 0 Å². The lowest BCUT2D eigenvalue weighted by Crippen LogP contribution is -2.28. The number of aliphatic hydroxyl groups excluding tert-OH is 1. The van der Waals surface area contributed by atoms with E-state index in [0.717, 1.165) is 5.56 Å². The van der Waals surface area contributed by atoms with Gasteiger partial charge in [0.2, 0.25) is 5.65 Å². The molecule has 11 nitrogen and oxygen atoms in total. The van der Waals surface area contributed by atoms with Crippen molar-refractivity contribution in [1.82, 2.24) is 29.5 Å². The maximum Gasteiger partial charge on any atom is 0.435 e. The van der Waals surface area contributed by atoms with Crippen LogP contribution in [-0.2, 0) is 28.6 Å². The largest absolute Gasteiger partial charge is 0.436 e. The Hall–Kier alpha value is -4.01. The molecular formula is C26H29F3N6O5. The van der Waals surface area contributed by atoms with Gasteiger partial charge in [0.15, 0.2) is 5.69 Å². The summed E-state index contributed by atoms with van der Waals surface area (Å²) in [6.45, 7) is 2.91. The summed E-state index contributed by atoms with van der Waals surface area (Å²) in [5, 5.41) is 15.2. The SMILES string of the molecule is CCc1cc(Oc2nccn3c(-c4cn(CCOC)nc4C(F)(F)F)cnc23)ccc1C(=O)NCCOCCO. The fourth-order valence-corrected chi connectivity index (χ4v) is 4.04. The van der Waals surface area contributed by atoms with Crippen LogP contribution in [0.2, 0.25) is 0 Å². The zero-order valence-electron chi connectivity index (χ0n) is 21.9. The average Bonchev–Trinajstić information content (AvgIpc) is 3.56. The zero-order valence-corrected chi connectivity index (χ0v) is 21.9. The second-order valence-electron chi connectivity index (χ2n) is 8.58. The summed E-state index contributed by atoms with van der Waals surface area (Å²) in [7, 11) is 1.46. The first-order chi connectivity index (χ1) is 19.3. The van der Waals surface area contributed by atoms with Gasteiger partial charge >= 0.3 is 6.18 Å². The number of halogens is 3. The highest BCUT2D eigenvalue weighted by Crippen LogP contribution is 2.37. The van der Waals surface area contributed by atoms with Crippen LogP contribution in [-0.4, -0.2) is 75.2 Å². The summed E-state index contributed by atoms with van der Waals surface area (Å²) in [6, 6.07) is 4.93. The molecule has 0 spiro atoms. The Bertz CT molecular complexity index is 1450. The van der Waals surface area contributed by atoms with Gasteiger partial charge < -0.3 is 24.6 Å². The van der Waals surface area contributed by atoms with Gasteiger partial charge in [0.1, 0.15) is 5.75 Å². The summed E-state index contributed by atoms with van der Waals surface area (Å²) in [4.78, 5) is 21.1. The third kappa shape index (κ3) is 6.58. The van der Waals surface area contributed by atoms with Gasteiger partial charge in [-0.3, -0.25) is 13.9 Å². The maximum atomic E-state index is 13.8. The molecule has 0 radical (unpaired) electrons. The van der Waals surface area contributed by atoms with Crippen molar-refractivity contribution in [3.63, 3.8) is 0 Å². The number of amides is 1. The fraction of sp³-hybridized carbons (Fsp3) is 0.385. The summed E-state index contributed by atoms with van der Waals surface area (Å²) < 4.78 is 60.1. The highest BCUT2D eigenvalue weighted by atomic mass is 19.4. The second-order valence-corrected chi connectivity index (χ2v) is 8.58. The first-order valence-electron chi connectivity index (χ1n) is 12.5. The molecule has 0 aliphatic carbocycles. The number of ether oxygens (including phenoxy) is 3. The van der Waals surface area contributed by atoms with Gasteiger partial charge in [0, 0.05) is 37.8 Å². The second kappa shape index (κ2) is 12.9. The van der Waals surface area contributed by atoms with Crippen molar-refractivity contribution in [3.05, 3.63) is 59.8 Å². The van der Waals surface area contributed by atoms with E-state index < -0.39 is 11.9 Å². The average molecular weight is 563 g/mol. The van der Waals surface area contributed by atoms with Crippen molar-refractivity contribution in [2.75, 3.05) is 40.1 Å². The lowest BCUT2D eigenvalue weighted by atomic mass is 10.0. The summed E-state index contributed by atoms with van der Waals surface area (Å²) in [5.41, 5.74) is 0.391. The highest BCUT2D eigenvalue weighted by molar-refractivity contribution is 5.95. The molecule has 0 saturated heterocycles. The molecule has 14 heteroatoms. The number of methoxy groups -OCH3 is 1. The molecule has 0 atom stereocenters. The Morgan fingerprint density at radius 1 is 1.18 bits per heavy atom. The number of alkyl halides is 3. The number of hydrogen-bond donors (Lipinski definition) is 2.